The van der Waals surface area contributed by atoms with Crippen molar-refractivity contribution in [1.29, 1.82) is 0 Å². The molecule has 23 heavy (non-hydrogen) atoms. The van der Waals surface area contributed by atoms with Crippen LogP contribution in [0, 0.1) is 6.92 Å². The van der Waals surface area contributed by atoms with Gasteiger partial charge >= 0.3 is 6.03 Å². The van der Waals surface area contributed by atoms with Gasteiger partial charge in [-0.05, 0) is 13.8 Å². The van der Waals surface area contributed by atoms with Gasteiger partial charge in [0.05, 0.1) is 13.4 Å². The van der Waals surface area contributed by atoms with Crippen LogP contribution in [0.4, 0.5) is 10.7 Å². The van der Waals surface area contributed by atoms with E-state index in [1.807, 2.05) is 11.6 Å². The van der Waals surface area contributed by atoms with Gasteiger partial charge in [-0.1, -0.05) is 0 Å². The van der Waals surface area contributed by atoms with Crippen molar-refractivity contribution in [3.63, 3.8) is 0 Å². The molecule has 0 unspecified atom stereocenters. The van der Waals surface area contributed by atoms with E-state index in [9.17, 15) is 13.2 Å². The summed E-state index contributed by atoms with van der Waals surface area (Å²) in [6.07, 6.45) is 2.68. The quantitative estimate of drug-likeness (QED) is 0.812. The summed E-state index contributed by atoms with van der Waals surface area (Å²) in [7, 11) is -2.66. The number of ether oxygens (including phenoxy) is 1. The van der Waals surface area contributed by atoms with E-state index in [1.165, 1.54) is 19.6 Å². The molecule has 0 saturated heterocycles. The smallest absolute Gasteiger partial charge is 0.335 e. The molecule has 0 aromatic carbocycles. The van der Waals surface area contributed by atoms with Crippen LogP contribution >= 0.6 is 0 Å². The minimum absolute atomic E-state index is 0.0753. The maximum Gasteiger partial charge on any atom is 0.335 e. The number of hydrogen-bond donors (Lipinski definition) is 2. The minimum atomic E-state index is -4.08. The second-order valence-corrected chi connectivity index (χ2v) is 6.11. The zero-order chi connectivity index (χ0) is 17.0. The molecule has 0 aliphatic carbocycles. The predicted molar refractivity (Wildman–Crippen MR) is 80.6 cm³/mol. The average molecular weight is 340 g/mol. The number of aromatic nitrogens is 4. The lowest BCUT2D eigenvalue weighted by Gasteiger charge is -2.07. The molecule has 2 aromatic heterocycles. The maximum absolute atomic E-state index is 12.0. The first-order valence-electron chi connectivity index (χ1n) is 6.59. The van der Waals surface area contributed by atoms with Crippen LogP contribution in [-0.2, 0) is 16.6 Å². The van der Waals surface area contributed by atoms with E-state index in [2.05, 4.69) is 20.3 Å². The molecule has 0 atom stereocenters. The molecule has 0 fully saturated rings. The van der Waals surface area contributed by atoms with Gasteiger partial charge in [0.25, 0.3) is 10.0 Å². The van der Waals surface area contributed by atoms with Crippen molar-refractivity contribution >= 4 is 22.0 Å². The Morgan fingerprint density at radius 1 is 1.39 bits per heavy atom. The maximum atomic E-state index is 12.0. The fraction of sp³-hybridized carbons (Fsp3) is 0.333. The molecular weight excluding hydrogens is 324 g/mol. The minimum Gasteiger partial charge on any atom is -0.481 e. The Hall–Kier alpha value is -2.69. The van der Waals surface area contributed by atoms with E-state index in [1.54, 1.807) is 17.6 Å². The molecule has 0 spiro atoms. The summed E-state index contributed by atoms with van der Waals surface area (Å²) < 4.78 is 32.4. The highest BCUT2D eigenvalue weighted by atomic mass is 32.2. The highest BCUT2D eigenvalue weighted by Gasteiger charge is 2.21. The molecule has 0 saturated carbocycles. The van der Waals surface area contributed by atoms with Crippen LogP contribution in [0.2, 0.25) is 0 Å². The highest BCUT2D eigenvalue weighted by Crippen LogP contribution is 2.11. The lowest BCUT2D eigenvalue weighted by Crippen LogP contribution is -2.35. The molecule has 2 N–H and O–H groups in total. The molecule has 0 bridgehead atoms. The summed E-state index contributed by atoms with van der Waals surface area (Å²) in [5.41, 5.74) is 0.552. The van der Waals surface area contributed by atoms with Gasteiger partial charge in [0.15, 0.2) is 5.03 Å². The fourth-order valence-electron chi connectivity index (χ4n) is 1.65. The molecule has 0 radical (unpaired) electrons. The summed E-state index contributed by atoms with van der Waals surface area (Å²) in [6, 6.07) is 0.570. The molecule has 2 amide bonds. The summed E-state index contributed by atoms with van der Waals surface area (Å²) in [5, 5.41) is 1.99. The third-order valence-electron chi connectivity index (χ3n) is 2.74. The summed E-state index contributed by atoms with van der Waals surface area (Å²) >= 11 is 0. The zero-order valence-corrected chi connectivity index (χ0v) is 13.6. The van der Waals surface area contributed by atoms with Crippen molar-refractivity contribution in [2.45, 2.75) is 25.4 Å². The van der Waals surface area contributed by atoms with Crippen LogP contribution in [-0.4, -0.2) is 41.1 Å². The van der Waals surface area contributed by atoms with Crippen molar-refractivity contribution in [2.75, 3.05) is 12.4 Å². The monoisotopic (exact) mass is 340 g/mol. The molecule has 0 aliphatic rings. The number of imidazole rings is 1. The Labute approximate surface area is 133 Å². The first kappa shape index (κ1) is 16.7. The molecular formula is C12H16N6O4S. The zero-order valence-electron chi connectivity index (χ0n) is 12.8. The lowest BCUT2D eigenvalue weighted by molar-refractivity contribution is 0.256. The number of anilines is 1. The van der Waals surface area contributed by atoms with E-state index in [-0.39, 0.29) is 16.9 Å². The molecule has 0 aliphatic heterocycles. The summed E-state index contributed by atoms with van der Waals surface area (Å²) in [5.74, 6) is 0.172. The van der Waals surface area contributed by atoms with Crippen LogP contribution in [0.15, 0.2) is 23.6 Å². The predicted octanol–water partition coefficient (Wildman–Crippen LogP) is 0.520. The van der Waals surface area contributed by atoms with Crippen molar-refractivity contribution < 1.29 is 17.9 Å². The standard InChI is InChI=1S/C12H16N6O4S/c1-4-18-6-10(13-7-18)23(20,21)17-12(19)16-11-14-8(2)5-9(15-11)22-3/h5-7H,4H2,1-3H3,(H2,14,15,16,17,19). The Bertz CT molecular complexity index is 817. The third-order valence-corrected chi connectivity index (χ3v) is 3.96. The summed E-state index contributed by atoms with van der Waals surface area (Å²) in [4.78, 5) is 23.4. The van der Waals surface area contributed by atoms with Gasteiger partial charge in [-0.3, -0.25) is 5.32 Å². The first-order chi connectivity index (χ1) is 10.8. The number of hydrogen-bond acceptors (Lipinski definition) is 7. The van der Waals surface area contributed by atoms with Crippen LogP contribution < -0.4 is 14.8 Å². The van der Waals surface area contributed by atoms with Gasteiger partial charge in [0, 0.05) is 24.5 Å². The number of rotatable bonds is 5. The van der Waals surface area contributed by atoms with Crippen molar-refractivity contribution in [3.05, 3.63) is 24.3 Å². The van der Waals surface area contributed by atoms with Gasteiger partial charge in [-0.15, -0.1) is 0 Å². The number of nitrogens with zero attached hydrogens (tertiary/aromatic N) is 4. The summed E-state index contributed by atoms with van der Waals surface area (Å²) in [6.45, 7) is 4.08. The van der Waals surface area contributed by atoms with Gasteiger partial charge < -0.3 is 9.30 Å². The lowest BCUT2D eigenvalue weighted by atomic mass is 10.4. The number of carbonyl (C=O) groups is 1. The van der Waals surface area contributed by atoms with Gasteiger partial charge in [0.2, 0.25) is 11.8 Å². The largest absolute Gasteiger partial charge is 0.481 e. The number of methoxy groups -OCH3 is 1. The van der Waals surface area contributed by atoms with Crippen molar-refractivity contribution in [3.8, 4) is 5.88 Å². The molecule has 2 heterocycles. The Kier molecular flexibility index (Phi) is 4.79. The van der Waals surface area contributed by atoms with Crippen molar-refractivity contribution in [1.82, 2.24) is 24.2 Å². The van der Waals surface area contributed by atoms with Gasteiger partial charge in [-0.25, -0.2) is 19.5 Å². The molecule has 2 rings (SSSR count). The van der Waals surface area contributed by atoms with Crippen LogP contribution in [0.3, 0.4) is 0 Å². The van der Waals surface area contributed by atoms with E-state index in [0.29, 0.717) is 12.2 Å². The second kappa shape index (κ2) is 6.60. The van der Waals surface area contributed by atoms with Gasteiger partial charge in [0.1, 0.15) is 0 Å². The molecule has 2 aromatic rings. The van der Waals surface area contributed by atoms with E-state index >= 15 is 0 Å². The van der Waals surface area contributed by atoms with Crippen LogP contribution in [0.25, 0.3) is 0 Å². The number of aryl methyl sites for hydroxylation is 2. The molecule has 124 valence electrons. The van der Waals surface area contributed by atoms with E-state index < -0.39 is 16.1 Å². The Morgan fingerprint density at radius 3 is 2.74 bits per heavy atom. The molecule has 10 nitrogen and oxygen atoms in total. The average Bonchev–Trinajstić information content (AvgIpc) is 2.95. The first-order valence-corrected chi connectivity index (χ1v) is 8.07. The Morgan fingerprint density at radius 2 is 2.13 bits per heavy atom. The normalized spacial score (nSPS) is 11.1. The number of sulfonamides is 1. The SMILES string of the molecule is CCn1cnc(S(=O)(=O)NC(=O)Nc2nc(C)cc(OC)n2)c1. The Balaban J connectivity index is 2.11. The highest BCUT2D eigenvalue weighted by molar-refractivity contribution is 7.90. The number of amides is 2. The van der Waals surface area contributed by atoms with Crippen LogP contribution in [0.1, 0.15) is 12.6 Å². The van der Waals surface area contributed by atoms with Gasteiger partial charge in [-0.2, -0.15) is 13.4 Å². The van der Waals surface area contributed by atoms with Crippen LogP contribution in [0.5, 0.6) is 5.88 Å². The number of nitrogens with one attached hydrogen (secondary N) is 2. The topological polar surface area (TPSA) is 128 Å². The van der Waals surface area contributed by atoms with Crippen molar-refractivity contribution in [2.24, 2.45) is 0 Å². The number of urea groups is 1. The van der Waals surface area contributed by atoms with E-state index in [0.717, 1.165) is 0 Å². The van der Waals surface area contributed by atoms with E-state index in [4.69, 9.17) is 4.74 Å². The molecule has 11 heteroatoms. The second-order valence-electron chi connectivity index (χ2n) is 4.48. The number of carbonyl (C=O) groups excluding carboxylic acids is 1. The fourth-order valence-corrected chi connectivity index (χ4v) is 2.51. The third kappa shape index (κ3) is 4.16.